The minimum atomic E-state index is -1.94. The molecule has 0 aromatic heterocycles. The van der Waals surface area contributed by atoms with Crippen molar-refractivity contribution in [3.8, 4) is 0 Å². The summed E-state index contributed by atoms with van der Waals surface area (Å²) in [7, 11) is 0. The number of esters is 1. The van der Waals surface area contributed by atoms with E-state index in [0.29, 0.717) is 0 Å². The van der Waals surface area contributed by atoms with Crippen LogP contribution < -0.4 is 0 Å². The lowest BCUT2D eigenvalue weighted by atomic mass is 9.93. The van der Waals surface area contributed by atoms with Gasteiger partial charge in [-0.05, 0) is 6.92 Å². The third kappa shape index (κ3) is 4.35. The molecule has 0 aromatic rings. The van der Waals surface area contributed by atoms with Crippen LogP contribution in [-0.2, 0) is 9.53 Å². The van der Waals surface area contributed by atoms with Gasteiger partial charge < -0.3 is 25.2 Å². The largest absolute Gasteiger partial charge is 0.462 e. The molecule has 0 bridgehead atoms. The van der Waals surface area contributed by atoms with Crippen molar-refractivity contribution in [3.05, 3.63) is 0 Å². The molecule has 0 aliphatic rings. The molecule has 0 heterocycles. The number of ether oxygens (including phenoxy) is 1. The van der Waals surface area contributed by atoms with Crippen LogP contribution in [0.1, 0.15) is 6.92 Å². The number of thiol groups is 1. The highest BCUT2D eigenvalue weighted by molar-refractivity contribution is 7.82. The van der Waals surface area contributed by atoms with Crippen molar-refractivity contribution in [1.29, 1.82) is 0 Å². The number of carbonyl (C=O) groups excluding carboxylic acids is 1. The Morgan fingerprint density at radius 1 is 1.27 bits per heavy atom. The molecular weight excluding hydrogens is 224 g/mol. The second kappa shape index (κ2) is 5.66. The van der Waals surface area contributed by atoms with Crippen LogP contribution in [-0.4, -0.2) is 57.8 Å². The number of hydrogen-bond acceptors (Lipinski definition) is 7. The second-order valence-electron chi connectivity index (χ2n) is 3.57. The maximum absolute atomic E-state index is 11.1. The van der Waals surface area contributed by atoms with Gasteiger partial charge in [0.1, 0.15) is 6.61 Å². The molecule has 0 saturated heterocycles. The van der Waals surface area contributed by atoms with Crippen molar-refractivity contribution in [1.82, 2.24) is 0 Å². The summed E-state index contributed by atoms with van der Waals surface area (Å²) < 4.78 is 4.60. The molecule has 0 amide bonds. The molecular formula is C8H16O6S. The molecule has 0 rings (SSSR count). The average molecular weight is 240 g/mol. The summed E-state index contributed by atoms with van der Waals surface area (Å²) in [6.07, 6.45) is 0. The minimum Gasteiger partial charge on any atom is -0.462 e. The molecule has 1 unspecified atom stereocenters. The van der Waals surface area contributed by atoms with Gasteiger partial charge in [-0.3, -0.25) is 0 Å². The molecule has 0 radical (unpaired) electrons. The zero-order valence-electron chi connectivity index (χ0n) is 8.38. The lowest BCUT2D eigenvalue weighted by molar-refractivity contribution is -0.162. The fraction of sp³-hybridized carbons (Fsp3) is 0.875. The predicted molar refractivity (Wildman–Crippen MR) is 54.3 cm³/mol. The van der Waals surface area contributed by atoms with E-state index in [2.05, 4.69) is 17.4 Å². The summed E-state index contributed by atoms with van der Waals surface area (Å²) in [5.74, 6) is -1.01. The lowest BCUT2D eigenvalue weighted by Gasteiger charge is -2.27. The molecule has 15 heavy (non-hydrogen) atoms. The first-order chi connectivity index (χ1) is 6.81. The summed E-state index contributed by atoms with van der Waals surface area (Å²) in [6, 6.07) is 0. The van der Waals surface area contributed by atoms with E-state index in [1.807, 2.05) is 0 Å². The highest BCUT2D eigenvalue weighted by atomic mass is 32.1. The van der Waals surface area contributed by atoms with Gasteiger partial charge in [0.2, 0.25) is 4.93 Å². The zero-order chi connectivity index (χ0) is 12.1. The Morgan fingerprint density at radius 2 is 1.67 bits per heavy atom. The molecule has 90 valence electrons. The van der Waals surface area contributed by atoms with Crippen LogP contribution in [0.4, 0.5) is 0 Å². The summed E-state index contributed by atoms with van der Waals surface area (Å²) >= 11 is 3.56. The standard InChI is InChI=1S/C8H16O6S/c1-7(13,15)6(12)14-5-8(2-9,3-10)4-11/h9-11,13,15H,2-5H2,1H3. The third-order valence-electron chi connectivity index (χ3n) is 1.90. The zero-order valence-corrected chi connectivity index (χ0v) is 9.28. The normalized spacial score (nSPS) is 15.9. The van der Waals surface area contributed by atoms with E-state index >= 15 is 0 Å². The van der Waals surface area contributed by atoms with E-state index in [9.17, 15) is 4.79 Å². The van der Waals surface area contributed by atoms with Gasteiger partial charge >= 0.3 is 5.97 Å². The van der Waals surface area contributed by atoms with Crippen molar-refractivity contribution >= 4 is 18.6 Å². The van der Waals surface area contributed by atoms with E-state index < -0.39 is 42.7 Å². The Balaban J connectivity index is 4.29. The maximum Gasteiger partial charge on any atom is 0.348 e. The monoisotopic (exact) mass is 240 g/mol. The Bertz CT molecular complexity index is 199. The molecule has 1 atom stereocenters. The van der Waals surface area contributed by atoms with Crippen LogP contribution in [0.3, 0.4) is 0 Å². The number of carbonyl (C=O) groups is 1. The van der Waals surface area contributed by atoms with Gasteiger partial charge in [-0.25, -0.2) is 4.79 Å². The molecule has 0 saturated carbocycles. The quantitative estimate of drug-likeness (QED) is 0.211. The maximum atomic E-state index is 11.1. The molecule has 0 aromatic carbocycles. The molecule has 0 spiro atoms. The fourth-order valence-electron chi connectivity index (χ4n) is 0.642. The molecule has 7 heteroatoms. The summed E-state index contributed by atoms with van der Waals surface area (Å²) in [5.41, 5.74) is -1.30. The number of rotatable bonds is 6. The Morgan fingerprint density at radius 3 is 1.93 bits per heavy atom. The first-order valence-corrected chi connectivity index (χ1v) is 4.70. The van der Waals surface area contributed by atoms with Crippen LogP contribution >= 0.6 is 12.6 Å². The van der Waals surface area contributed by atoms with Gasteiger partial charge in [-0.1, -0.05) is 0 Å². The highest BCUT2D eigenvalue weighted by Gasteiger charge is 2.33. The van der Waals surface area contributed by atoms with Crippen LogP contribution in [0.25, 0.3) is 0 Å². The first kappa shape index (κ1) is 14.7. The minimum absolute atomic E-state index is 0.397. The van der Waals surface area contributed by atoms with Gasteiger partial charge in [0.05, 0.1) is 25.2 Å². The van der Waals surface area contributed by atoms with Crippen LogP contribution in [0.15, 0.2) is 0 Å². The van der Waals surface area contributed by atoms with E-state index in [0.717, 1.165) is 6.92 Å². The van der Waals surface area contributed by atoms with E-state index in [1.54, 1.807) is 0 Å². The first-order valence-electron chi connectivity index (χ1n) is 4.26. The molecule has 0 fully saturated rings. The molecule has 4 N–H and O–H groups in total. The highest BCUT2D eigenvalue weighted by Crippen LogP contribution is 2.18. The Labute approximate surface area is 92.9 Å². The van der Waals surface area contributed by atoms with Crippen LogP contribution in [0.5, 0.6) is 0 Å². The molecule has 6 nitrogen and oxygen atoms in total. The average Bonchev–Trinajstić information content (AvgIpc) is 2.19. The Hall–Kier alpha value is -0.340. The van der Waals surface area contributed by atoms with E-state index in [4.69, 9.17) is 20.4 Å². The van der Waals surface area contributed by atoms with Crippen molar-refractivity contribution in [2.75, 3.05) is 26.4 Å². The van der Waals surface area contributed by atoms with Crippen LogP contribution in [0.2, 0.25) is 0 Å². The summed E-state index contributed by atoms with van der Waals surface area (Å²) in [6.45, 7) is -0.894. The van der Waals surface area contributed by atoms with Gasteiger partial charge in [-0.2, -0.15) is 0 Å². The van der Waals surface area contributed by atoms with Crippen molar-refractivity contribution in [3.63, 3.8) is 0 Å². The Kier molecular flexibility index (Phi) is 5.54. The SMILES string of the molecule is CC(O)(S)C(=O)OCC(CO)(CO)CO. The van der Waals surface area contributed by atoms with Gasteiger partial charge in [0, 0.05) is 0 Å². The van der Waals surface area contributed by atoms with Gasteiger partial charge in [0.15, 0.2) is 0 Å². The fourth-order valence-corrected chi connectivity index (χ4v) is 0.707. The van der Waals surface area contributed by atoms with Gasteiger partial charge in [-0.15, -0.1) is 12.6 Å². The number of hydrogen-bond donors (Lipinski definition) is 5. The third-order valence-corrected chi connectivity index (χ3v) is 2.08. The summed E-state index contributed by atoms with van der Waals surface area (Å²) in [5, 5.41) is 35.8. The topological polar surface area (TPSA) is 107 Å². The second-order valence-corrected chi connectivity index (χ2v) is 4.44. The molecule has 0 aliphatic carbocycles. The predicted octanol–water partition coefficient (Wildman–Crippen LogP) is -1.87. The van der Waals surface area contributed by atoms with Crippen molar-refractivity contribution in [2.45, 2.75) is 11.9 Å². The van der Waals surface area contributed by atoms with Gasteiger partial charge in [0.25, 0.3) is 0 Å². The smallest absolute Gasteiger partial charge is 0.348 e. The van der Waals surface area contributed by atoms with Crippen LogP contribution in [0, 0.1) is 5.41 Å². The van der Waals surface area contributed by atoms with E-state index in [-0.39, 0.29) is 0 Å². The van der Waals surface area contributed by atoms with Crippen molar-refractivity contribution in [2.24, 2.45) is 5.41 Å². The lowest BCUT2D eigenvalue weighted by Crippen LogP contribution is -2.42. The van der Waals surface area contributed by atoms with E-state index in [1.165, 1.54) is 0 Å². The van der Waals surface area contributed by atoms with Crippen molar-refractivity contribution < 1.29 is 30.0 Å². The number of aliphatic hydroxyl groups is 4. The number of aliphatic hydroxyl groups excluding tert-OH is 3. The molecule has 0 aliphatic heterocycles. The summed E-state index contributed by atoms with van der Waals surface area (Å²) in [4.78, 5) is 9.13.